The van der Waals surface area contributed by atoms with E-state index in [4.69, 9.17) is 5.73 Å². The lowest BCUT2D eigenvalue weighted by atomic mass is 9.91. The molecule has 98 heavy (non-hydrogen) atoms. The normalized spacial score (nSPS) is 19.9. The lowest BCUT2D eigenvalue weighted by Crippen LogP contribution is -2.52. The van der Waals surface area contributed by atoms with Gasteiger partial charge in [0.15, 0.2) is 0 Å². The fourth-order valence-electron chi connectivity index (χ4n) is 11.9. The van der Waals surface area contributed by atoms with E-state index in [9.17, 15) is 38.4 Å². The second-order valence-electron chi connectivity index (χ2n) is 37.1. The number of carbonyl (C=O) groups is 8. The van der Waals surface area contributed by atoms with E-state index in [1.165, 1.54) is 77.0 Å². The third kappa shape index (κ3) is 35.8. The van der Waals surface area contributed by atoms with Crippen LogP contribution in [0.5, 0.6) is 0 Å². The molecule has 8 aliphatic heterocycles. The molecule has 8 rings (SSSR count). The second kappa shape index (κ2) is 42.0. The number of rotatable bonds is 1. The number of hydrogen-bond acceptors (Lipinski definition) is 9. The Balaban J connectivity index is -0.00000105. The van der Waals surface area contributed by atoms with E-state index in [2.05, 4.69) is 27.4 Å². The van der Waals surface area contributed by atoms with Crippen molar-refractivity contribution in [3.05, 3.63) is 12.3 Å². The topological polar surface area (TPSA) is 188 Å². The average Bonchev–Trinajstić information content (AvgIpc) is 1.42. The van der Waals surface area contributed by atoms with E-state index in [0.29, 0.717) is 58.9 Å². The van der Waals surface area contributed by atoms with Crippen molar-refractivity contribution in [3.63, 3.8) is 0 Å². The summed E-state index contributed by atoms with van der Waals surface area (Å²) in [6.45, 7) is 72.9. The summed E-state index contributed by atoms with van der Waals surface area (Å²) in [5.41, 5.74) is 4.68. The van der Waals surface area contributed by atoms with Crippen molar-refractivity contribution in [2.45, 2.75) is 293 Å². The van der Waals surface area contributed by atoms with Crippen LogP contribution >= 0.6 is 0 Å². The van der Waals surface area contributed by atoms with E-state index >= 15 is 0 Å². The Kier molecular flexibility index (Phi) is 41.8. The van der Waals surface area contributed by atoms with Crippen molar-refractivity contribution >= 4 is 47.3 Å². The average molecular weight is 1390 g/mol. The zero-order valence-corrected chi connectivity index (χ0v) is 66.4. The van der Waals surface area contributed by atoms with E-state index < -0.39 is 0 Å². The Morgan fingerprint density at radius 3 is 0.663 bits per heavy atom. The molecule has 8 heterocycles. The van der Waals surface area contributed by atoms with Gasteiger partial charge in [-0.05, 0) is 101 Å². The number of amides is 8. The summed E-state index contributed by atoms with van der Waals surface area (Å²) in [4.78, 5) is 109. The molecular weight excluding hydrogens is 1230 g/mol. The minimum Gasteiger partial charge on any atom is -0.402 e. The van der Waals surface area contributed by atoms with Gasteiger partial charge in [-0.15, -0.1) is 0 Å². The van der Waals surface area contributed by atoms with Crippen LogP contribution in [0.3, 0.4) is 0 Å². The molecule has 17 heteroatoms. The van der Waals surface area contributed by atoms with E-state index in [0.717, 1.165) is 117 Å². The monoisotopic (exact) mass is 1390 g/mol. The minimum absolute atomic E-state index is 0. The Morgan fingerprint density at radius 1 is 0.255 bits per heavy atom. The number of likely N-dealkylation sites (tertiary alicyclic amines) is 8. The minimum atomic E-state index is -0.287. The highest BCUT2D eigenvalue weighted by atomic mass is 16.2. The SMILES string of the molecule is C.C.C.C=C(N)C1CCN(C(=O)C(C)(C)C)C1.CC(C)(C)C(=O)N1CCC1.CC(C)(C)C(=O)N1CCCC1.CC(C)(C)C(=O)N1CCCCC1.CC(C)(C)C(=O)N1CCCCC1.CC1CCN(C(=O)C(C)(C)C)C1.CC1CCN(C(=O)C(C)(C)C)CC1.CC1CN(C(=O)C(C)(C)C)C1. The van der Waals surface area contributed by atoms with Crippen molar-refractivity contribution in [2.75, 3.05) is 105 Å². The molecule has 0 aromatic carbocycles. The molecule has 8 saturated heterocycles. The number of piperidine rings is 3. The first-order valence-electron chi connectivity index (χ1n) is 36.9. The number of carbonyl (C=O) groups excluding carboxylic acids is 8. The molecule has 8 fully saturated rings. The maximum Gasteiger partial charge on any atom is 0.227 e. The maximum absolute atomic E-state index is 11.9. The molecule has 2 unspecified atom stereocenters. The molecule has 8 aliphatic rings. The molecule has 0 aromatic heterocycles. The van der Waals surface area contributed by atoms with Gasteiger partial charge in [0.2, 0.25) is 47.3 Å². The molecule has 0 aromatic rings. The molecule has 0 saturated carbocycles. The summed E-state index contributed by atoms with van der Waals surface area (Å²) in [7, 11) is 0. The maximum atomic E-state index is 11.9. The first kappa shape index (κ1) is 97.5. The molecule has 17 nitrogen and oxygen atoms in total. The van der Waals surface area contributed by atoms with Gasteiger partial charge in [-0.1, -0.05) is 216 Å². The molecular formula is C81H159N9O8. The van der Waals surface area contributed by atoms with E-state index in [1.807, 2.05) is 205 Å². The van der Waals surface area contributed by atoms with Gasteiger partial charge in [-0.25, -0.2) is 0 Å². The molecule has 2 atom stereocenters. The van der Waals surface area contributed by atoms with Crippen molar-refractivity contribution in [1.29, 1.82) is 0 Å². The van der Waals surface area contributed by atoms with Crippen LogP contribution in [0.4, 0.5) is 0 Å². The van der Waals surface area contributed by atoms with Gasteiger partial charge in [0.05, 0.1) is 0 Å². The van der Waals surface area contributed by atoms with Gasteiger partial charge in [0.1, 0.15) is 0 Å². The highest BCUT2D eigenvalue weighted by Gasteiger charge is 2.37. The fraction of sp³-hybridized carbons (Fsp3) is 0.877. The molecule has 0 bridgehead atoms. The number of nitrogens with zero attached hydrogens (tertiary/aromatic N) is 8. The van der Waals surface area contributed by atoms with E-state index in [-0.39, 0.29) is 77.4 Å². The predicted molar refractivity (Wildman–Crippen MR) is 413 cm³/mol. The van der Waals surface area contributed by atoms with Crippen LogP contribution < -0.4 is 5.73 Å². The second-order valence-corrected chi connectivity index (χ2v) is 37.1. The highest BCUT2D eigenvalue weighted by Crippen LogP contribution is 2.30. The summed E-state index contributed by atoms with van der Waals surface area (Å²) >= 11 is 0. The zero-order chi connectivity index (χ0) is 73.6. The van der Waals surface area contributed by atoms with Crippen molar-refractivity contribution in [1.82, 2.24) is 39.2 Å². The Hall–Kier alpha value is -4.70. The van der Waals surface area contributed by atoms with Crippen LogP contribution in [0, 0.1) is 67.0 Å². The summed E-state index contributed by atoms with van der Waals surface area (Å²) in [5.74, 6) is 4.80. The molecule has 0 spiro atoms. The Labute approximate surface area is 604 Å². The lowest BCUT2D eigenvalue weighted by Gasteiger charge is -2.40. The van der Waals surface area contributed by atoms with Crippen LogP contribution in [-0.2, 0) is 38.4 Å². The summed E-state index contributed by atoms with van der Waals surface area (Å²) < 4.78 is 0. The molecule has 8 amide bonds. The van der Waals surface area contributed by atoms with Gasteiger partial charge >= 0.3 is 0 Å². The number of hydrogen-bond donors (Lipinski definition) is 1. The van der Waals surface area contributed by atoms with Crippen LogP contribution in [0.15, 0.2) is 12.3 Å². The van der Waals surface area contributed by atoms with Crippen LogP contribution in [0.25, 0.3) is 0 Å². The van der Waals surface area contributed by atoms with Crippen LogP contribution in [-0.4, -0.2) is 191 Å². The summed E-state index contributed by atoms with van der Waals surface area (Å²) in [6.07, 6.45) is 15.3. The molecule has 0 aliphatic carbocycles. The van der Waals surface area contributed by atoms with Gasteiger partial charge in [-0.3, -0.25) is 38.4 Å². The van der Waals surface area contributed by atoms with Crippen molar-refractivity contribution in [2.24, 2.45) is 72.7 Å². The van der Waals surface area contributed by atoms with Crippen LogP contribution in [0.1, 0.15) is 293 Å². The van der Waals surface area contributed by atoms with Crippen molar-refractivity contribution in [3.8, 4) is 0 Å². The van der Waals surface area contributed by atoms with Gasteiger partial charge in [0, 0.05) is 160 Å². The van der Waals surface area contributed by atoms with E-state index in [1.54, 1.807) is 0 Å². The quantitative estimate of drug-likeness (QED) is 0.266. The molecule has 576 valence electrons. The lowest BCUT2D eigenvalue weighted by molar-refractivity contribution is -0.145. The van der Waals surface area contributed by atoms with Crippen molar-refractivity contribution < 1.29 is 38.4 Å². The zero-order valence-electron chi connectivity index (χ0n) is 66.4. The highest BCUT2D eigenvalue weighted by molar-refractivity contribution is 5.85. The standard InChI is InChI=1S/C11H20N2O.C11H21NO.3C10H19NO.2C9H17NO.C8H15NO.3CH4/c1-8(12)9-5-6-13(7-9)10(14)11(2,3)4;1-9-5-7-12(8-6-9)10(13)11(2,3)4;1-8-5-6-11(7-8)9(12)10(2,3)4;2*1-10(2,3)9(12)11-7-5-4-6-8-11;1-7-5-10(6-7)8(11)9(2,3)4;1-9(2,3)8(11)10-6-4-5-7-10;1-8(2,3)7(10)9-5-4-6-9;;;/h9H,1,5-7,12H2,2-4H3;9H,5-8H2,1-4H3;8H,5-7H2,1-4H3;2*4-8H2,1-3H3;7H,5-6H2,1-4H3;4-7H2,1-3H3;4-6H2,1-3H3;3*1H4. The summed E-state index contributed by atoms with van der Waals surface area (Å²) in [5, 5.41) is 0. The number of nitrogens with two attached hydrogens (primary N) is 1. The first-order valence-corrected chi connectivity index (χ1v) is 36.9. The summed E-state index contributed by atoms with van der Waals surface area (Å²) in [6, 6.07) is 0. The van der Waals surface area contributed by atoms with Gasteiger partial charge in [-0.2, -0.15) is 0 Å². The largest absolute Gasteiger partial charge is 0.402 e. The Bertz CT molecular complexity index is 2320. The van der Waals surface area contributed by atoms with Crippen LogP contribution in [0.2, 0.25) is 0 Å². The predicted octanol–water partition coefficient (Wildman–Crippen LogP) is 16.0. The smallest absolute Gasteiger partial charge is 0.227 e. The van der Waals surface area contributed by atoms with Gasteiger partial charge in [0.25, 0.3) is 0 Å². The molecule has 2 N–H and O–H groups in total. The Morgan fingerprint density at radius 2 is 0.449 bits per heavy atom. The van der Waals surface area contributed by atoms with Gasteiger partial charge < -0.3 is 44.9 Å². The fourth-order valence-corrected chi connectivity index (χ4v) is 11.9. The molecule has 0 radical (unpaired) electrons. The third-order valence-electron chi connectivity index (χ3n) is 18.1. The third-order valence-corrected chi connectivity index (χ3v) is 18.1. The first-order chi connectivity index (χ1) is 43.1.